The second kappa shape index (κ2) is 7.63. The molecule has 0 radical (unpaired) electrons. The molecule has 118 valence electrons. The molecule has 0 spiro atoms. The normalized spacial score (nSPS) is 18.1. The van der Waals surface area contributed by atoms with E-state index in [9.17, 15) is 10.2 Å². The first-order chi connectivity index (χ1) is 10.2. The summed E-state index contributed by atoms with van der Waals surface area (Å²) in [6, 6.07) is 15.7. The highest BCUT2D eigenvalue weighted by Crippen LogP contribution is 2.25. The molecule has 0 saturated carbocycles. The van der Waals surface area contributed by atoms with Gasteiger partial charge >= 0.3 is 0 Å². The molecule has 0 amide bonds. The summed E-state index contributed by atoms with van der Waals surface area (Å²) in [5.74, 6) is 0.332. The maximum absolute atomic E-state index is 10.2. The summed E-state index contributed by atoms with van der Waals surface area (Å²) >= 11 is 0. The van der Waals surface area contributed by atoms with E-state index in [-0.39, 0.29) is 12.4 Å². The maximum Gasteiger partial charge on any atom is 0.115 e. The highest BCUT2D eigenvalue weighted by atomic mass is 35.5. The molecule has 3 rings (SSSR count). The number of nitrogens with one attached hydrogen (secondary N) is 1. The summed E-state index contributed by atoms with van der Waals surface area (Å²) in [6.07, 6.45) is 2.52. The van der Waals surface area contributed by atoms with E-state index < -0.39 is 6.10 Å². The molecule has 0 bridgehead atoms. The Morgan fingerprint density at radius 1 is 1.09 bits per heavy atom. The molecule has 0 unspecified atom stereocenters. The Balaban J connectivity index is 0.00000176. The molecule has 2 atom stereocenters. The average molecular weight is 320 g/mol. The van der Waals surface area contributed by atoms with Crippen molar-refractivity contribution in [3.63, 3.8) is 0 Å². The molecule has 0 aromatic heterocycles. The van der Waals surface area contributed by atoms with Crippen LogP contribution in [0.1, 0.15) is 29.2 Å². The third-order valence-corrected chi connectivity index (χ3v) is 4.20. The smallest absolute Gasteiger partial charge is 0.115 e. The number of phenols is 1. The van der Waals surface area contributed by atoms with Gasteiger partial charge in [0, 0.05) is 12.6 Å². The minimum Gasteiger partial charge on any atom is -0.508 e. The molecule has 0 heterocycles. The SMILES string of the molecule is Cl.Oc1ccc2c(c1)C[C@H](NC[C@H](O)c1ccccc1)CC2. The van der Waals surface area contributed by atoms with Gasteiger partial charge in [-0.1, -0.05) is 36.4 Å². The third kappa shape index (κ3) is 4.01. The molecular formula is C18H22ClNO2. The van der Waals surface area contributed by atoms with Crippen molar-refractivity contribution in [2.75, 3.05) is 6.54 Å². The van der Waals surface area contributed by atoms with Crippen molar-refractivity contribution < 1.29 is 10.2 Å². The zero-order valence-electron chi connectivity index (χ0n) is 12.4. The van der Waals surface area contributed by atoms with Gasteiger partial charge in [0.25, 0.3) is 0 Å². The number of fused-ring (bicyclic) bond motifs is 1. The first-order valence-corrected chi connectivity index (χ1v) is 7.49. The molecule has 2 aromatic rings. The van der Waals surface area contributed by atoms with E-state index in [2.05, 4.69) is 5.32 Å². The standard InChI is InChI=1S/C18H21NO2.ClH/c20-17-9-7-13-6-8-16(10-15(13)11-17)19-12-18(21)14-4-2-1-3-5-14;/h1-5,7,9,11,16,18-21H,6,8,10,12H2;1H/t16-,18+;/m1./s1. The Kier molecular flexibility index (Phi) is 5.83. The summed E-state index contributed by atoms with van der Waals surface area (Å²) in [6.45, 7) is 0.558. The van der Waals surface area contributed by atoms with E-state index in [1.807, 2.05) is 42.5 Å². The Hall–Kier alpha value is -1.55. The second-order valence-electron chi connectivity index (χ2n) is 5.73. The van der Waals surface area contributed by atoms with Gasteiger partial charge < -0.3 is 15.5 Å². The average Bonchev–Trinajstić information content (AvgIpc) is 2.53. The number of phenolic OH excluding ortho intramolecular Hbond substituents is 1. The van der Waals surface area contributed by atoms with Crippen molar-refractivity contribution in [1.82, 2.24) is 5.32 Å². The Morgan fingerprint density at radius 2 is 1.86 bits per heavy atom. The van der Waals surface area contributed by atoms with Gasteiger partial charge in [0.2, 0.25) is 0 Å². The third-order valence-electron chi connectivity index (χ3n) is 4.20. The van der Waals surface area contributed by atoms with Crippen LogP contribution in [0.4, 0.5) is 0 Å². The fourth-order valence-corrected chi connectivity index (χ4v) is 2.99. The number of aromatic hydroxyl groups is 1. The van der Waals surface area contributed by atoms with Crippen LogP contribution in [0, 0.1) is 0 Å². The van der Waals surface area contributed by atoms with Crippen molar-refractivity contribution >= 4 is 12.4 Å². The fourth-order valence-electron chi connectivity index (χ4n) is 2.99. The number of aryl methyl sites for hydroxylation is 1. The molecule has 3 nitrogen and oxygen atoms in total. The predicted molar refractivity (Wildman–Crippen MR) is 90.6 cm³/mol. The molecule has 1 aliphatic rings. The van der Waals surface area contributed by atoms with Gasteiger partial charge in [0.15, 0.2) is 0 Å². The molecule has 1 aliphatic carbocycles. The zero-order valence-corrected chi connectivity index (χ0v) is 13.2. The summed E-state index contributed by atoms with van der Waals surface area (Å²) in [7, 11) is 0. The summed E-state index contributed by atoms with van der Waals surface area (Å²) in [5.41, 5.74) is 3.49. The van der Waals surface area contributed by atoms with E-state index in [4.69, 9.17) is 0 Å². The lowest BCUT2D eigenvalue weighted by Crippen LogP contribution is -2.37. The van der Waals surface area contributed by atoms with Crippen LogP contribution in [0.2, 0.25) is 0 Å². The number of hydrogen-bond donors (Lipinski definition) is 3. The van der Waals surface area contributed by atoms with Crippen molar-refractivity contribution in [2.24, 2.45) is 0 Å². The van der Waals surface area contributed by atoms with Gasteiger partial charge in [0.1, 0.15) is 5.75 Å². The van der Waals surface area contributed by atoms with Crippen LogP contribution in [0.5, 0.6) is 5.75 Å². The van der Waals surface area contributed by atoms with E-state index in [1.54, 1.807) is 6.07 Å². The van der Waals surface area contributed by atoms with Gasteiger partial charge in [-0.3, -0.25) is 0 Å². The largest absolute Gasteiger partial charge is 0.508 e. The Labute approximate surface area is 137 Å². The highest BCUT2D eigenvalue weighted by molar-refractivity contribution is 5.85. The highest BCUT2D eigenvalue weighted by Gasteiger charge is 2.19. The minimum absolute atomic E-state index is 0. The van der Waals surface area contributed by atoms with Crippen molar-refractivity contribution in [2.45, 2.75) is 31.4 Å². The van der Waals surface area contributed by atoms with E-state index >= 15 is 0 Å². The molecule has 2 aromatic carbocycles. The van der Waals surface area contributed by atoms with Crippen LogP contribution in [0.3, 0.4) is 0 Å². The summed E-state index contributed by atoms with van der Waals surface area (Å²) in [5, 5.41) is 23.2. The van der Waals surface area contributed by atoms with Gasteiger partial charge in [-0.25, -0.2) is 0 Å². The number of rotatable bonds is 4. The molecule has 0 saturated heterocycles. The van der Waals surface area contributed by atoms with Gasteiger partial charge in [-0.2, -0.15) is 0 Å². The lowest BCUT2D eigenvalue weighted by molar-refractivity contribution is 0.168. The lowest BCUT2D eigenvalue weighted by atomic mass is 9.88. The lowest BCUT2D eigenvalue weighted by Gasteiger charge is -2.26. The van der Waals surface area contributed by atoms with Crippen molar-refractivity contribution in [1.29, 1.82) is 0 Å². The van der Waals surface area contributed by atoms with Gasteiger partial charge in [0.05, 0.1) is 6.10 Å². The molecular weight excluding hydrogens is 298 g/mol. The quantitative estimate of drug-likeness (QED) is 0.812. The maximum atomic E-state index is 10.2. The molecule has 0 fully saturated rings. The van der Waals surface area contributed by atoms with E-state index in [1.165, 1.54) is 11.1 Å². The molecule has 0 aliphatic heterocycles. The van der Waals surface area contributed by atoms with E-state index in [0.717, 1.165) is 24.8 Å². The first-order valence-electron chi connectivity index (χ1n) is 7.49. The second-order valence-corrected chi connectivity index (χ2v) is 5.73. The van der Waals surface area contributed by atoms with Crippen molar-refractivity contribution in [3.05, 3.63) is 65.2 Å². The molecule has 3 N–H and O–H groups in total. The Bertz CT molecular complexity index is 603. The van der Waals surface area contributed by atoms with Crippen LogP contribution in [0.15, 0.2) is 48.5 Å². The van der Waals surface area contributed by atoms with E-state index in [0.29, 0.717) is 18.3 Å². The number of benzene rings is 2. The number of aliphatic hydroxyl groups excluding tert-OH is 1. The van der Waals surface area contributed by atoms with Crippen LogP contribution >= 0.6 is 12.4 Å². The monoisotopic (exact) mass is 319 g/mol. The van der Waals surface area contributed by atoms with Crippen LogP contribution in [0.25, 0.3) is 0 Å². The Morgan fingerprint density at radius 3 is 2.64 bits per heavy atom. The van der Waals surface area contributed by atoms with Crippen LogP contribution in [-0.4, -0.2) is 22.8 Å². The van der Waals surface area contributed by atoms with Gasteiger partial charge in [-0.05, 0) is 48.1 Å². The fraction of sp³-hybridized carbons (Fsp3) is 0.333. The number of hydrogen-bond acceptors (Lipinski definition) is 3. The van der Waals surface area contributed by atoms with Crippen LogP contribution < -0.4 is 5.32 Å². The van der Waals surface area contributed by atoms with Crippen LogP contribution in [-0.2, 0) is 12.8 Å². The van der Waals surface area contributed by atoms with Gasteiger partial charge in [-0.15, -0.1) is 12.4 Å². The topological polar surface area (TPSA) is 52.5 Å². The number of halogens is 1. The summed E-state index contributed by atoms with van der Waals surface area (Å²) < 4.78 is 0. The predicted octanol–water partition coefficient (Wildman–Crippen LogP) is 2.99. The van der Waals surface area contributed by atoms with Crippen molar-refractivity contribution in [3.8, 4) is 5.75 Å². The molecule has 22 heavy (non-hydrogen) atoms. The minimum atomic E-state index is -0.475. The molecule has 4 heteroatoms. The summed E-state index contributed by atoms with van der Waals surface area (Å²) in [4.78, 5) is 0. The number of aliphatic hydroxyl groups is 1. The first kappa shape index (κ1) is 16.8. The zero-order chi connectivity index (χ0) is 14.7.